The van der Waals surface area contributed by atoms with Gasteiger partial charge in [0, 0.05) is 16.8 Å². The average molecular weight is 457 g/mol. The molecule has 4 rings (SSSR count). The van der Waals surface area contributed by atoms with E-state index in [1.54, 1.807) is 37.4 Å². The highest BCUT2D eigenvalue weighted by atomic mass is 16.5. The molecule has 0 spiro atoms. The number of fused-ring (bicyclic) bond motifs is 1. The molecule has 0 fully saturated rings. The molecule has 6 nitrogen and oxygen atoms in total. The van der Waals surface area contributed by atoms with Crippen LogP contribution in [0, 0.1) is 0 Å². The van der Waals surface area contributed by atoms with E-state index in [0.717, 1.165) is 22.6 Å². The second kappa shape index (κ2) is 9.43. The molecule has 1 aliphatic rings. The number of carbonyl (C=O) groups excluding carboxylic acids is 2. The van der Waals surface area contributed by atoms with Crippen LogP contribution in [-0.4, -0.2) is 31.1 Å². The Bertz CT molecular complexity index is 1230. The Morgan fingerprint density at radius 3 is 2.29 bits per heavy atom. The first-order valence-corrected chi connectivity index (χ1v) is 11.1. The van der Waals surface area contributed by atoms with Crippen molar-refractivity contribution in [3.63, 3.8) is 0 Å². The minimum Gasteiger partial charge on any atom is -0.497 e. The van der Waals surface area contributed by atoms with E-state index in [1.807, 2.05) is 68.1 Å². The number of carbonyl (C=O) groups is 2. The Labute approximate surface area is 199 Å². The standard InChI is InChI=1S/C28H28N2O4/c1-19-17-28(2,3)30(27(32)20-8-6-5-7-9-20)25-15-14-23(16-24(19)25)34-18-26(31)29-21-10-12-22(33-4)13-11-21/h5-17H,18H2,1-4H3,(H,29,31). The molecule has 0 aromatic heterocycles. The highest BCUT2D eigenvalue weighted by Gasteiger charge is 2.36. The fourth-order valence-corrected chi connectivity index (χ4v) is 4.20. The molecule has 0 saturated heterocycles. The van der Waals surface area contributed by atoms with Gasteiger partial charge in [0.1, 0.15) is 11.5 Å². The molecule has 0 bridgehead atoms. The summed E-state index contributed by atoms with van der Waals surface area (Å²) < 4.78 is 10.9. The summed E-state index contributed by atoms with van der Waals surface area (Å²) in [6.07, 6.45) is 2.08. The van der Waals surface area contributed by atoms with Crippen molar-refractivity contribution in [2.75, 3.05) is 23.9 Å². The van der Waals surface area contributed by atoms with Crippen molar-refractivity contribution in [2.24, 2.45) is 0 Å². The number of hydrogen-bond acceptors (Lipinski definition) is 4. The number of methoxy groups -OCH3 is 1. The van der Waals surface area contributed by atoms with E-state index in [9.17, 15) is 9.59 Å². The quantitative estimate of drug-likeness (QED) is 0.528. The number of rotatable bonds is 6. The number of hydrogen-bond donors (Lipinski definition) is 1. The Balaban J connectivity index is 1.51. The van der Waals surface area contributed by atoms with Crippen molar-refractivity contribution in [3.8, 4) is 11.5 Å². The fraction of sp³-hybridized carbons (Fsp3) is 0.214. The van der Waals surface area contributed by atoms with E-state index >= 15 is 0 Å². The molecule has 1 aliphatic heterocycles. The van der Waals surface area contributed by atoms with Crippen molar-refractivity contribution >= 4 is 28.8 Å². The molecule has 34 heavy (non-hydrogen) atoms. The molecule has 6 heteroatoms. The summed E-state index contributed by atoms with van der Waals surface area (Å²) >= 11 is 0. The second-order valence-electron chi connectivity index (χ2n) is 8.73. The Hall–Kier alpha value is -4.06. The molecule has 0 saturated carbocycles. The van der Waals surface area contributed by atoms with Crippen LogP contribution in [0.5, 0.6) is 11.5 Å². The first-order valence-electron chi connectivity index (χ1n) is 11.1. The van der Waals surface area contributed by atoms with Crippen molar-refractivity contribution in [1.82, 2.24) is 0 Å². The molecule has 174 valence electrons. The molecule has 3 aromatic carbocycles. The van der Waals surface area contributed by atoms with Crippen LogP contribution < -0.4 is 19.7 Å². The van der Waals surface area contributed by atoms with E-state index in [4.69, 9.17) is 9.47 Å². The Kier molecular flexibility index (Phi) is 6.41. The predicted octanol–water partition coefficient (Wildman–Crippen LogP) is 5.56. The lowest BCUT2D eigenvalue weighted by Crippen LogP contribution is -2.49. The lowest BCUT2D eigenvalue weighted by atomic mass is 9.88. The van der Waals surface area contributed by atoms with E-state index in [2.05, 4.69) is 11.4 Å². The third-order valence-electron chi connectivity index (χ3n) is 5.75. The highest BCUT2D eigenvalue weighted by molar-refractivity contribution is 6.10. The number of benzene rings is 3. The molecular formula is C28H28N2O4. The van der Waals surface area contributed by atoms with Gasteiger partial charge in [0.2, 0.25) is 0 Å². The van der Waals surface area contributed by atoms with Crippen LogP contribution in [0.15, 0.2) is 78.9 Å². The van der Waals surface area contributed by atoms with Crippen LogP contribution in [0.2, 0.25) is 0 Å². The lowest BCUT2D eigenvalue weighted by Gasteiger charge is -2.41. The third kappa shape index (κ3) is 4.81. The van der Waals surface area contributed by atoms with Gasteiger partial charge in [0.05, 0.1) is 18.3 Å². The van der Waals surface area contributed by atoms with E-state index in [-0.39, 0.29) is 18.4 Å². The van der Waals surface area contributed by atoms with Crippen LogP contribution in [0.25, 0.3) is 5.57 Å². The molecule has 0 radical (unpaired) electrons. The van der Waals surface area contributed by atoms with Crippen LogP contribution in [0.1, 0.15) is 36.7 Å². The van der Waals surface area contributed by atoms with E-state index in [1.165, 1.54) is 0 Å². The molecule has 3 aromatic rings. The lowest BCUT2D eigenvalue weighted by molar-refractivity contribution is -0.118. The van der Waals surface area contributed by atoms with Gasteiger partial charge in [-0.25, -0.2) is 0 Å². The monoisotopic (exact) mass is 456 g/mol. The van der Waals surface area contributed by atoms with Gasteiger partial charge >= 0.3 is 0 Å². The maximum absolute atomic E-state index is 13.4. The van der Waals surface area contributed by atoms with Gasteiger partial charge in [-0.2, -0.15) is 0 Å². The summed E-state index contributed by atoms with van der Waals surface area (Å²) in [5, 5.41) is 2.80. The number of nitrogens with one attached hydrogen (secondary N) is 1. The van der Waals surface area contributed by atoms with Crippen LogP contribution in [0.4, 0.5) is 11.4 Å². The molecule has 0 atom stereocenters. The van der Waals surface area contributed by atoms with Crippen LogP contribution in [0.3, 0.4) is 0 Å². The fourth-order valence-electron chi connectivity index (χ4n) is 4.20. The Morgan fingerprint density at radius 2 is 1.62 bits per heavy atom. The summed E-state index contributed by atoms with van der Waals surface area (Å²) in [5.41, 5.74) is 3.56. The van der Waals surface area contributed by atoms with E-state index < -0.39 is 5.54 Å². The van der Waals surface area contributed by atoms with Gasteiger partial charge in [-0.1, -0.05) is 24.3 Å². The molecule has 1 N–H and O–H groups in total. The molecule has 0 unspecified atom stereocenters. The molecular weight excluding hydrogens is 428 g/mol. The minimum atomic E-state index is -0.495. The van der Waals surface area contributed by atoms with Crippen LogP contribution in [-0.2, 0) is 4.79 Å². The smallest absolute Gasteiger partial charge is 0.262 e. The van der Waals surface area contributed by atoms with Gasteiger partial charge in [-0.3, -0.25) is 14.5 Å². The number of allylic oxidation sites excluding steroid dienone is 1. The summed E-state index contributed by atoms with van der Waals surface area (Å²) in [7, 11) is 1.59. The Morgan fingerprint density at radius 1 is 0.941 bits per heavy atom. The van der Waals surface area contributed by atoms with Crippen molar-refractivity contribution in [3.05, 3.63) is 90.0 Å². The topological polar surface area (TPSA) is 67.9 Å². The van der Waals surface area contributed by atoms with Gasteiger partial charge in [0.15, 0.2) is 6.61 Å². The molecule has 2 amide bonds. The SMILES string of the molecule is COc1ccc(NC(=O)COc2ccc3c(c2)C(C)=CC(C)(C)N3C(=O)c2ccccc2)cc1. The summed E-state index contributed by atoms with van der Waals surface area (Å²) in [5.74, 6) is 0.943. The van der Waals surface area contributed by atoms with Gasteiger partial charge in [0.25, 0.3) is 11.8 Å². The zero-order chi connectivity index (χ0) is 24.3. The number of nitrogens with zero attached hydrogens (tertiary/aromatic N) is 1. The maximum Gasteiger partial charge on any atom is 0.262 e. The normalized spacial score (nSPS) is 14.0. The molecule has 0 aliphatic carbocycles. The van der Waals surface area contributed by atoms with Crippen molar-refractivity contribution in [1.29, 1.82) is 0 Å². The largest absolute Gasteiger partial charge is 0.497 e. The number of amides is 2. The summed E-state index contributed by atoms with van der Waals surface area (Å²) in [6, 6.07) is 21.9. The van der Waals surface area contributed by atoms with Gasteiger partial charge < -0.3 is 14.8 Å². The number of ether oxygens (including phenoxy) is 2. The zero-order valence-electron chi connectivity index (χ0n) is 19.8. The summed E-state index contributed by atoms with van der Waals surface area (Å²) in [4.78, 5) is 27.6. The third-order valence-corrected chi connectivity index (χ3v) is 5.75. The zero-order valence-corrected chi connectivity index (χ0v) is 19.8. The van der Waals surface area contributed by atoms with Crippen molar-refractivity contribution < 1.29 is 19.1 Å². The van der Waals surface area contributed by atoms with Crippen molar-refractivity contribution in [2.45, 2.75) is 26.3 Å². The maximum atomic E-state index is 13.4. The van der Waals surface area contributed by atoms with Crippen LogP contribution >= 0.6 is 0 Å². The minimum absolute atomic E-state index is 0.0665. The second-order valence-corrected chi connectivity index (χ2v) is 8.73. The first-order chi connectivity index (χ1) is 16.3. The average Bonchev–Trinajstić information content (AvgIpc) is 2.83. The predicted molar refractivity (Wildman–Crippen MR) is 135 cm³/mol. The summed E-state index contributed by atoms with van der Waals surface area (Å²) in [6.45, 7) is 5.93. The highest BCUT2D eigenvalue weighted by Crippen LogP contribution is 2.41. The van der Waals surface area contributed by atoms with E-state index in [0.29, 0.717) is 17.0 Å². The van der Waals surface area contributed by atoms with Gasteiger partial charge in [-0.05, 0) is 80.9 Å². The molecule has 1 heterocycles. The number of anilines is 2. The first kappa shape index (κ1) is 23.1. The van der Waals surface area contributed by atoms with Gasteiger partial charge in [-0.15, -0.1) is 0 Å².